The van der Waals surface area contributed by atoms with Crippen molar-refractivity contribution >= 4 is 22.6 Å². The van der Waals surface area contributed by atoms with Crippen LogP contribution in [-0.2, 0) is 17.8 Å². The number of hydrogen-bond donors (Lipinski definition) is 0. The van der Waals surface area contributed by atoms with Gasteiger partial charge in [-0.25, -0.2) is 24.0 Å². The zero-order chi connectivity index (χ0) is 27.8. The summed E-state index contributed by atoms with van der Waals surface area (Å²) in [6, 6.07) is 11.9. The summed E-state index contributed by atoms with van der Waals surface area (Å²) in [7, 11) is 1.67. The molecule has 1 saturated heterocycles. The maximum Gasteiger partial charge on any atom is 0.346 e. The molecule has 2 aliphatic rings. The highest BCUT2D eigenvalue weighted by molar-refractivity contribution is 5.87. The molecule has 4 aromatic heterocycles. The lowest BCUT2D eigenvalue weighted by Gasteiger charge is -2.36. The van der Waals surface area contributed by atoms with Gasteiger partial charge in [-0.2, -0.15) is 4.98 Å². The molecule has 0 atom stereocenters. The van der Waals surface area contributed by atoms with E-state index in [4.69, 9.17) is 18.9 Å². The first-order chi connectivity index (χ1) is 20.2. The lowest BCUT2D eigenvalue weighted by atomic mass is 10.2. The van der Waals surface area contributed by atoms with Crippen molar-refractivity contribution in [2.45, 2.75) is 25.9 Å². The summed E-state index contributed by atoms with van der Waals surface area (Å²) >= 11 is 0. The van der Waals surface area contributed by atoms with Gasteiger partial charge in [-0.1, -0.05) is 0 Å². The molecule has 1 aliphatic heterocycles. The molecular formula is C29H34N8O4. The fourth-order valence-corrected chi connectivity index (χ4v) is 5.56. The van der Waals surface area contributed by atoms with Crippen LogP contribution in [0.15, 0.2) is 58.2 Å². The summed E-state index contributed by atoms with van der Waals surface area (Å²) in [6.07, 6.45) is 5.40. The minimum Gasteiger partial charge on any atom is -0.491 e. The lowest BCUT2D eigenvalue weighted by Crippen LogP contribution is -2.47. The molecule has 0 radical (unpaired) electrons. The van der Waals surface area contributed by atoms with E-state index in [1.807, 2.05) is 33.5 Å². The smallest absolute Gasteiger partial charge is 0.346 e. The van der Waals surface area contributed by atoms with E-state index in [0.29, 0.717) is 60.6 Å². The minimum atomic E-state index is -0.0398. The van der Waals surface area contributed by atoms with Gasteiger partial charge in [-0.15, -0.1) is 0 Å². The number of methoxy groups -OCH3 is 1. The first-order valence-corrected chi connectivity index (χ1v) is 14.3. The number of imidazole rings is 1. The van der Waals surface area contributed by atoms with Gasteiger partial charge in [-0.05, 0) is 55.2 Å². The predicted molar refractivity (Wildman–Crippen MR) is 153 cm³/mol. The van der Waals surface area contributed by atoms with E-state index < -0.39 is 0 Å². The van der Waals surface area contributed by atoms with Crippen LogP contribution in [0.5, 0.6) is 5.75 Å². The standard InChI is InChI=1S/C29H34N8O4/c1-39-17-18-40-23-8-6-22(7-9-23)34-13-10-33(11-14-34)12-15-35-28-32-27-26(25(30-20-31-27)24-3-2-16-41-24)37(28)36(29(35)38)19-21-4-5-21/h2-3,6-9,16,20-21H,4-5,10-15,17-19H2,1H3. The van der Waals surface area contributed by atoms with Gasteiger partial charge in [0.25, 0.3) is 0 Å². The van der Waals surface area contributed by atoms with Crippen LogP contribution in [0.25, 0.3) is 28.4 Å². The van der Waals surface area contributed by atoms with E-state index >= 15 is 0 Å². The van der Waals surface area contributed by atoms with E-state index in [2.05, 4.69) is 31.9 Å². The Balaban J connectivity index is 1.08. The Hall–Kier alpha value is -4.16. The Morgan fingerprint density at radius 2 is 1.83 bits per heavy atom. The lowest BCUT2D eigenvalue weighted by molar-refractivity contribution is 0.146. The molecule has 5 heterocycles. The van der Waals surface area contributed by atoms with Crippen molar-refractivity contribution in [2.24, 2.45) is 5.92 Å². The van der Waals surface area contributed by atoms with Crippen molar-refractivity contribution in [1.29, 1.82) is 0 Å². The number of hydrogen-bond acceptors (Lipinski definition) is 9. The number of rotatable bonds is 11. The van der Waals surface area contributed by atoms with Gasteiger partial charge in [0.05, 0.1) is 12.9 Å². The van der Waals surface area contributed by atoms with Crippen molar-refractivity contribution in [3.8, 4) is 17.2 Å². The second-order valence-electron chi connectivity index (χ2n) is 10.7. The third-order valence-corrected chi connectivity index (χ3v) is 8.00. The highest BCUT2D eigenvalue weighted by Crippen LogP contribution is 2.32. The Morgan fingerprint density at radius 3 is 2.56 bits per heavy atom. The Bertz CT molecular complexity index is 1680. The molecule has 1 aromatic carbocycles. The van der Waals surface area contributed by atoms with Crippen molar-refractivity contribution in [3.05, 3.63) is 59.5 Å². The summed E-state index contributed by atoms with van der Waals surface area (Å²) in [6.45, 7) is 6.79. The van der Waals surface area contributed by atoms with Gasteiger partial charge in [-0.3, -0.25) is 9.47 Å². The van der Waals surface area contributed by atoms with E-state index in [0.717, 1.165) is 51.3 Å². The molecule has 0 N–H and O–H groups in total. The van der Waals surface area contributed by atoms with E-state index in [1.54, 1.807) is 17.9 Å². The molecule has 0 bridgehead atoms. The van der Waals surface area contributed by atoms with Crippen LogP contribution in [-0.4, -0.2) is 86.7 Å². The number of nitrogens with zero attached hydrogens (tertiary/aromatic N) is 8. The number of furan rings is 1. The average molecular weight is 559 g/mol. The molecule has 1 aliphatic carbocycles. The van der Waals surface area contributed by atoms with Crippen LogP contribution in [0, 0.1) is 5.92 Å². The van der Waals surface area contributed by atoms with Crippen LogP contribution in [0.3, 0.4) is 0 Å². The normalized spacial score (nSPS) is 16.3. The molecule has 41 heavy (non-hydrogen) atoms. The first-order valence-electron chi connectivity index (χ1n) is 14.3. The monoisotopic (exact) mass is 558 g/mol. The summed E-state index contributed by atoms with van der Waals surface area (Å²) in [5, 5.41) is 0. The molecule has 12 nitrogen and oxygen atoms in total. The average Bonchev–Trinajstić information content (AvgIpc) is 3.40. The van der Waals surface area contributed by atoms with E-state index in [-0.39, 0.29) is 5.69 Å². The third kappa shape index (κ3) is 5.08. The molecular weight excluding hydrogens is 524 g/mol. The highest BCUT2D eigenvalue weighted by Gasteiger charge is 2.28. The SMILES string of the molecule is COCCOc1ccc(N2CCN(CCn3c(=O)n(CC4CC4)n4c5c(-c6ccco6)ncnc5nc34)CC2)cc1. The topological polar surface area (TPSA) is 108 Å². The van der Waals surface area contributed by atoms with Crippen LogP contribution in [0.2, 0.25) is 0 Å². The highest BCUT2D eigenvalue weighted by atomic mass is 16.5. The number of benzene rings is 1. The Kier molecular flexibility index (Phi) is 6.93. The Labute approximate surface area is 236 Å². The minimum absolute atomic E-state index is 0.0398. The number of aromatic nitrogens is 6. The third-order valence-electron chi connectivity index (χ3n) is 8.00. The molecule has 2 fully saturated rings. The van der Waals surface area contributed by atoms with Crippen molar-refractivity contribution in [2.75, 3.05) is 57.9 Å². The zero-order valence-corrected chi connectivity index (χ0v) is 23.2. The van der Waals surface area contributed by atoms with E-state index in [9.17, 15) is 4.79 Å². The summed E-state index contributed by atoms with van der Waals surface area (Å²) in [5.74, 6) is 2.59. The number of ether oxygens (including phenoxy) is 2. The second kappa shape index (κ2) is 11.0. The van der Waals surface area contributed by atoms with Gasteiger partial charge >= 0.3 is 5.69 Å². The fraction of sp³-hybridized carbons (Fsp3) is 0.448. The van der Waals surface area contributed by atoms with Crippen LogP contribution in [0.1, 0.15) is 12.8 Å². The molecule has 12 heteroatoms. The molecule has 0 spiro atoms. The van der Waals surface area contributed by atoms with Gasteiger partial charge in [0.2, 0.25) is 5.78 Å². The Morgan fingerprint density at radius 1 is 1.00 bits per heavy atom. The summed E-state index contributed by atoms with van der Waals surface area (Å²) < 4.78 is 21.9. The van der Waals surface area contributed by atoms with Gasteiger partial charge in [0.1, 0.15) is 29.9 Å². The van der Waals surface area contributed by atoms with Crippen LogP contribution in [0.4, 0.5) is 5.69 Å². The maximum absolute atomic E-state index is 13.7. The first kappa shape index (κ1) is 25.8. The molecule has 0 amide bonds. The summed E-state index contributed by atoms with van der Waals surface area (Å²) in [5.41, 5.74) is 3.05. The van der Waals surface area contributed by atoms with Crippen molar-refractivity contribution in [3.63, 3.8) is 0 Å². The van der Waals surface area contributed by atoms with E-state index in [1.165, 1.54) is 12.0 Å². The number of piperazine rings is 1. The zero-order valence-electron chi connectivity index (χ0n) is 23.2. The number of fused-ring (bicyclic) bond motifs is 3. The van der Waals surface area contributed by atoms with Crippen LogP contribution < -0.4 is 15.3 Å². The van der Waals surface area contributed by atoms with Gasteiger partial charge in [0, 0.05) is 58.6 Å². The molecule has 7 rings (SSSR count). The van der Waals surface area contributed by atoms with Crippen molar-refractivity contribution in [1.82, 2.24) is 33.6 Å². The number of anilines is 1. The summed E-state index contributed by atoms with van der Waals surface area (Å²) in [4.78, 5) is 32.3. The van der Waals surface area contributed by atoms with Gasteiger partial charge in [0.15, 0.2) is 11.4 Å². The quantitative estimate of drug-likeness (QED) is 0.226. The fourth-order valence-electron chi connectivity index (χ4n) is 5.56. The predicted octanol–water partition coefficient (Wildman–Crippen LogP) is 2.76. The van der Waals surface area contributed by atoms with Crippen molar-refractivity contribution < 1.29 is 13.9 Å². The molecule has 0 unspecified atom stereocenters. The van der Waals surface area contributed by atoms with Gasteiger partial charge < -0.3 is 18.8 Å². The molecule has 1 saturated carbocycles. The second-order valence-corrected chi connectivity index (χ2v) is 10.7. The molecule has 214 valence electrons. The van der Waals surface area contributed by atoms with Crippen LogP contribution >= 0.6 is 0 Å². The largest absolute Gasteiger partial charge is 0.491 e. The molecule has 5 aromatic rings. The maximum atomic E-state index is 13.7.